The molecule has 11 heteroatoms. The second-order valence-corrected chi connectivity index (χ2v) is 7.47. The van der Waals surface area contributed by atoms with Crippen LogP contribution in [0.5, 0.6) is 0 Å². The summed E-state index contributed by atoms with van der Waals surface area (Å²) < 4.78 is 4.92. The number of nitrogens with zero attached hydrogens (tertiary/aromatic N) is 8. The first-order valence-electron chi connectivity index (χ1n) is 9.18. The second kappa shape index (κ2) is 7.82. The zero-order chi connectivity index (χ0) is 21.4. The van der Waals surface area contributed by atoms with E-state index in [-0.39, 0.29) is 17.9 Å². The normalized spacial score (nSPS) is 11.2. The maximum atomic E-state index is 13.1. The SMILES string of the molecule is Cc1cccc(-n2nnn(C)c2=O)c1Cn1nnn(-c2cccc(C)c2CBr)c1=O. The molecule has 0 unspecified atom stereocenters. The lowest BCUT2D eigenvalue weighted by Crippen LogP contribution is -2.27. The van der Waals surface area contributed by atoms with Crippen LogP contribution >= 0.6 is 15.9 Å². The van der Waals surface area contributed by atoms with Gasteiger partial charge in [0.1, 0.15) is 0 Å². The highest BCUT2D eigenvalue weighted by Gasteiger charge is 2.18. The highest BCUT2D eigenvalue weighted by Crippen LogP contribution is 2.20. The summed E-state index contributed by atoms with van der Waals surface area (Å²) in [6.07, 6.45) is 0. The third kappa shape index (κ3) is 3.30. The summed E-state index contributed by atoms with van der Waals surface area (Å²) in [5, 5.41) is 16.4. The molecule has 0 bridgehead atoms. The van der Waals surface area contributed by atoms with Crippen molar-refractivity contribution in [3.63, 3.8) is 0 Å². The van der Waals surface area contributed by atoms with E-state index in [1.54, 1.807) is 6.07 Å². The van der Waals surface area contributed by atoms with Crippen LogP contribution in [0.1, 0.15) is 22.3 Å². The molecule has 0 spiro atoms. The molecule has 0 radical (unpaired) electrons. The molecule has 2 heterocycles. The van der Waals surface area contributed by atoms with Gasteiger partial charge in [-0.3, -0.25) is 0 Å². The van der Waals surface area contributed by atoms with Gasteiger partial charge < -0.3 is 0 Å². The van der Waals surface area contributed by atoms with E-state index in [4.69, 9.17) is 0 Å². The van der Waals surface area contributed by atoms with Crippen molar-refractivity contribution in [3.8, 4) is 11.4 Å². The molecule has 30 heavy (non-hydrogen) atoms. The molecule has 0 amide bonds. The van der Waals surface area contributed by atoms with E-state index in [2.05, 4.69) is 36.8 Å². The lowest BCUT2D eigenvalue weighted by Gasteiger charge is -2.11. The van der Waals surface area contributed by atoms with E-state index >= 15 is 0 Å². The fourth-order valence-corrected chi connectivity index (χ4v) is 4.02. The monoisotopic (exact) mass is 470 g/mol. The van der Waals surface area contributed by atoms with Gasteiger partial charge >= 0.3 is 11.4 Å². The van der Waals surface area contributed by atoms with Gasteiger partial charge in [-0.05, 0) is 63.5 Å². The number of alkyl halides is 1. The smallest absolute Gasteiger partial charge is 0.244 e. The van der Waals surface area contributed by atoms with Crippen molar-refractivity contribution >= 4 is 15.9 Å². The van der Waals surface area contributed by atoms with Gasteiger partial charge in [-0.15, -0.1) is 0 Å². The maximum Gasteiger partial charge on any atom is 0.368 e. The Morgan fingerprint density at radius 3 is 1.97 bits per heavy atom. The first-order valence-corrected chi connectivity index (χ1v) is 10.3. The Morgan fingerprint density at radius 2 is 1.37 bits per heavy atom. The molecule has 154 valence electrons. The minimum absolute atomic E-state index is 0.138. The largest absolute Gasteiger partial charge is 0.368 e. The van der Waals surface area contributed by atoms with Crippen molar-refractivity contribution in [1.82, 2.24) is 39.6 Å². The van der Waals surface area contributed by atoms with Crippen molar-refractivity contribution in [2.75, 3.05) is 0 Å². The van der Waals surface area contributed by atoms with E-state index in [1.165, 1.54) is 21.1 Å². The van der Waals surface area contributed by atoms with Crippen LogP contribution in [0, 0.1) is 13.8 Å². The zero-order valence-corrected chi connectivity index (χ0v) is 18.2. The summed E-state index contributed by atoms with van der Waals surface area (Å²) in [7, 11) is 1.53. The average molecular weight is 471 g/mol. The highest BCUT2D eigenvalue weighted by molar-refractivity contribution is 9.08. The highest BCUT2D eigenvalue weighted by atomic mass is 79.9. The number of aromatic nitrogens is 8. The Balaban J connectivity index is 1.80. The molecule has 0 aliphatic heterocycles. The number of halogens is 1. The van der Waals surface area contributed by atoms with Gasteiger partial charge in [0.2, 0.25) is 0 Å². The topological polar surface area (TPSA) is 105 Å². The van der Waals surface area contributed by atoms with Crippen LogP contribution in [-0.4, -0.2) is 39.6 Å². The van der Waals surface area contributed by atoms with Gasteiger partial charge in [0, 0.05) is 17.9 Å². The van der Waals surface area contributed by atoms with E-state index in [9.17, 15) is 9.59 Å². The number of benzene rings is 2. The van der Waals surface area contributed by atoms with E-state index < -0.39 is 0 Å². The number of rotatable bonds is 5. The minimum Gasteiger partial charge on any atom is -0.244 e. The van der Waals surface area contributed by atoms with E-state index in [1.807, 2.05) is 44.2 Å². The Hall–Kier alpha value is -3.34. The fraction of sp³-hybridized carbons (Fsp3) is 0.263. The van der Waals surface area contributed by atoms with Gasteiger partial charge in [-0.25, -0.2) is 9.59 Å². The van der Waals surface area contributed by atoms with Crippen molar-refractivity contribution in [2.45, 2.75) is 25.7 Å². The third-order valence-electron chi connectivity index (χ3n) is 5.03. The van der Waals surface area contributed by atoms with Gasteiger partial charge in [0.05, 0.1) is 17.9 Å². The van der Waals surface area contributed by atoms with Crippen LogP contribution in [-0.2, 0) is 18.9 Å². The van der Waals surface area contributed by atoms with Gasteiger partial charge in [0.15, 0.2) is 0 Å². The van der Waals surface area contributed by atoms with E-state index in [0.29, 0.717) is 16.7 Å². The average Bonchev–Trinajstić information content (AvgIpc) is 3.25. The molecule has 0 aliphatic carbocycles. The predicted octanol–water partition coefficient (Wildman–Crippen LogP) is 1.27. The molecular formula is C19H19BrN8O2. The zero-order valence-electron chi connectivity index (χ0n) is 16.7. The van der Waals surface area contributed by atoms with Crippen LogP contribution in [0.2, 0.25) is 0 Å². The molecule has 0 saturated carbocycles. The maximum absolute atomic E-state index is 13.1. The fourth-order valence-electron chi connectivity index (χ4n) is 3.29. The Labute approximate surface area is 179 Å². The number of hydrogen-bond acceptors (Lipinski definition) is 6. The minimum atomic E-state index is -0.375. The molecule has 0 aliphatic rings. The summed E-state index contributed by atoms with van der Waals surface area (Å²) in [5.41, 5.74) is 4.12. The standard InChI is InChI=1S/C19H19BrN8O2/c1-12-6-4-8-16(14(12)10-20)28-19(30)26(22-24-28)11-15-13(2)7-5-9-17(15)27-18(29)25(3)21-23-27/h4-9H,10-11H2,1-3H3. The van der Waals surface area contributed by atoms with Crippen LogP contribution in [0.3, 0.4) is 0 Å². The first kappa shape index (κ1) is 20.0. The number of tetrazole rings is 2. The van der Waals surface area contributed by atoms with E-state index in [0.717, 1.165) is 26.9 Å². The third-order valence-corrected chi connectivity index (χ3v) is 5.59. The lowest BCUT2D eigenvalue weighted by atomic mass is 10.1. The predicted molar refractivity (Wildman–Crippen MR) is 113 cm³/mol. The summed E-state index contributed by atoms with van der Waals surface area (Å²) >= 11 is 3.48. The quantitative estimate of drug-likeness (QED) is 0.406. The van der Waals surface area contributed by atoms with Crippen molar-refractivity contribution < 1.29 is 0 Å². The summed E-state index contributed by atoms with van der Waals surface area (Å²) in [6, 6.07) is 11.2. The molecule has 2 aromatic carbocycles. The summed E-state index contributed by atoms with van der Waals surface area (Å²) in [5.74, 6) is 0. The Kier molecular flexibility index (Phi) is 5.20. The van der Waals surface area contributed by atoms with Crippen LogP contribution in [0.15, 0.2) is 46.0 Å². The van der Waals surface area contributed by atoms with Crippen molar-refractivity contribution in [1.29, 1.82) is 0 Å². The van der Waals surface area contributed by atoms with Crippen molar-refractivity contribution in [3.05, 3.63) is 79.6 Å². The molecule has 0 fully saturated rings. The Bertz CT molecular complexity index is 1350. The molecule has 2 aromatic heterocycles. The molecule has 10 nitrogen and oxygen atoms in total. The molecule has 0 saturated heterocycles. The van der Waals surface area contributed by atoms with Gasteiger partial charge in [-0.2, -0.15) is 18.7 Å². The molecule has 0 atom stereocenters. The van der Waals surface area contributed by atoms with Gasteiger partial charge in [0.25, 0.3) is 0 Å². The molecule has 0 N–H and O–H groups in total. The van der Waals surface area contributed by atoms with Crippen LogP contribution < -0.4 is 11.4 Å². The van der Waals surface area contributed by atoms with Crippen molar-refractivity contribution in [2.24, 2.45) is 7.05 Å². The molecule has 4 aromatic rings. The Morgan fingerprint density at radius 1 is 0.800 bits per heavy atom. The number of aryl methyl sites for hydroxylation is 3. The van der Waals surface area contributed by atoms with Crippen LogP contribution in [0.4, 0.5) is 0 Å². The summed E-state index contributed by atoms with van der Waals surface area (Å²) in [6.45, 7) is 4.02. The van der Waals surface area contributed by atoms with Gasteiger partial charge in [-0.1, -0.05) is 40.2 Å². The molecule has 4 rings (SSSR count). The van der Waals surface area contributed by atoms with Crippen LogP contribution in [0.25, 0.3) is 11.4 Å². The first-order chi connectivity index (χ1) is 14.4. The summed E-state index contributed by atoms with van der Waals surface area (Å²) in [4.78, 5) is 25.4. The lowest BCUT2D eigenvalue weighted by molar-refractivity contribution is 0.623. The number of hydrogen-bond donors (Lipinski definition) is 0. The second-order valence-electron chi connectivity index (χ2n) is 6.91. The molecular weight excluding hydrogens is 452 g/mol.